The lowest BCUT2D eigenvalue weighted by Crippen LogP contribution is -1.85. The molecule has 0 bridgehead atoms. The predicted octanol–water partition coefficient (Wildman–Crippen LogP) is 20.8. The Balaban J connectivity index is 0.000000138. The lowest BCUT2D eigenvalue weighted by molar-refractivity contribution is 1.19. The molecule has 0 radical (unpaired) electrons. The van der Waals surface area contributed by atoms with Gasteiger partial charge in [-0.3, -0.25) is 69.8 Å². The van der Waals surface area contributed by atoms with Crippen molar-refractivity contribution < 1.29 is 0 Å². The maximum absolute atomic E-state index is 4.35. The van der Waals surface area contributed by atoms with Crippen LogP contribution in [0.4, 0.5) is 0 Å². The highest BCUT2D eigenvalue weighted by molar-refractivity contribution is 5.65. The Kier molecular flexibility index (Phi) is 29.6. The summed E-state index contributed by atoms with van der Waals surface area (Å²) in [4.78, 5) is 58.7. The van der Waals surface area contributed by atoms with E-state index in [4.69, 9.17) is 0 Å². The molecule has 0 amide bonds. The van der Waals surface area contributed by atoms with Gasteiger partial charge in [0.05, 0.1) is 34.2 Å². The van der Waals surface area contributed by atoms with Gasteiger partial charge in [0.15, 0.2) is 0 Å². The number of pyridine rings is 14. The summed E-state index contributed by atoms with van der Waals surface area (Å²) in [6.45, 7) is 16.1. The number of aryl methyl sites for hydroxylation is 8. The lowest BCUT2D eigenvalue weighted by atomic mass is 10.1. The predicted molar refractivity (Wildman–Crippen MR) is 422 cm³/mol. The van der Waals surface area contributed by atoms with Gasteiger partial charge in [0.2, 0.25) is 0 Å². The first-order chi connectivity index (χ1) is 50.9. The fourth-order valence-electron chi connectivity index (χ4n) is 9.47. The average molecular weight is 1360 g/mol. The third kappa shape index (κ3) is 25.7. The third-order valence-corrected chi connectivity index (χ3v) is 15.3. The van der Waals surface area contributed by atoms with E-state index in [1.807, 2.05) is 299 Å². The number of benzene rings is 2. The molecule has 104 heavy (non-hydrogen) atoms. The van der Waals surface area contributed by atoms with Crippen LogP contribution >= 0.6 is 0 Å². The molecular formula is C90H82N14. The molecule has 14 nitrogen and oxygen atoms in total. The van der Waals surface area contributed by atoms with Crippen LogP contribution in [0.25, 0.3) is 89.8 Å². The molecule has 2 aromatic carbocycles. The van der Waals surface area contributed by atoms with Gasteiger partial charge in [-0.25, -0.2) is 0 Å². The molecule has 0 spiro atoms. The zero-order valence-corrected chi connectivity index (χ0v) is 59.7. The molecule has 0 saturated carbocycles. The van der Waals surface area contributed by atoms with Crippen molar-refractivity contribution in [2.24, 2.45) is 0 Å². The van der Waals surface area contributed by atoms with Crippen LogP contribution in [0, 0.1) is 55.4 Å². The lowest BCUT2D eigenvalue weighted by Gasteiger charge is -2.00. The third-order valence-electron chi connectivity index (χ3n) is 15.3. The topological polar surface area (TPSA) is 180 Å². The van der Waals surface area contributed by atoms with E-state index in [9.17, 15) is 0 Å². The number of rotatable bonds is 8. The molecule has 16 aromatic rings. The molecule has 512 valence electrons. The summed E-state index contributed by atoms with van der Waals surface area (Å²) in [5, 5.41) is 0. The quantitative estimate of drug-likeness (QED) is 0.140. The second-order valence-electron chi connectivity index (χ2n) is 23.8. The molecule has 14 heterocycles. The van der Waals surface area contributed by atoms with E-state index in [1.54, 1.807) is 49.6 Å². The van der Waals surface area contributed by atoms with Crippen LogP contribution in [0.3, 0.4) is 0 Å². The van der Waals surface area contributed by atoms with E-state index < -0.39 is 0 Å². The molecule has 0 aliphatic carbocycles. The summed E-state index contributed by atoms with van der Waals surface area (Å²) in [5.74, 6) is 0. The smallest absolute Gasteiger partial charge is 0.0886 e. The number of hydrogen-bond acceptors (Lipinski definition) is 14. The fourth-order valence-corrected chi connectivity index (χ4v) is 9.47. The highest BCUT2D eigenvalue weighted by atomic mass is 14.8. The highest BCUT2D eigenvalue weighted by Gasteiger charge is 2.03. The maximum atomic E-state index is 4.35. The molecule has 0 aliphatic heterocycles. The molecule has 14 heteroatoms. The van der Waals surface area contributed by atoms with E-state index in [1.165, 1.54) is 38.9 Å². The fraction of sp³-hybridized carbons (Fsp3) is 0.0889. The van der Waals surface area contributed by atoms with Crippen molar-refractivity contribution in [3.63, 3.8) is 0 Å². The van der Waals surface area contributed by atoms with Crippen molar-refractivity contribution in [2.45, 2.75) is 55.4 Å². The normalized spacial score (nSPS) is 9.92. The number of aromatic nitrogens is 14. The molecule has 14 aromatic heterocycles. The van der Waals surface area contributed by atoms with Gasteiger partial charge in [-0.05, 0) is 210 Å². The summed E-state index contributed by atoms with van der Waals surface area (Å²) in [6.07, 6.45) is 32.8. The van der Waals surface area contributed by atoms with E-state index in [2.05, 4.69) is 130 Å². The zero-order valence-electron chi connectivity index (χ0n) is 59.7. The summed E-state index contributed by atoms with van der Waals surface area (Å²) in [7, 11) is 0. The molecule has 0 aliphatic rings. The second kappa shape index (κ2) is 41.2. The summed E-state index contributed by atoms with van der Waals surface area (Å²) < 4.78 is 0. The van der Waals surface area contributed by atoms with Crippen molar-refractivity contribution in [1.29, 1.82) is 0 Å². The molecular weight excluding hydrogens is 1280 g/mol. The molecule has 16 rings (SSSR count). The Bertz CT molecular complexity index is 4000. The standard InChI is InChI=1S/2C12H11N.6C11H10N2/c1-10-7-8-12(9-13-10)11-5-3-2-4-6-11;1-10-7-8-12(13-9-10)11-5-3-2-4-6-11;1-9-2-3-11(8-13-9)10-4-6-12-7-5-10;1-9-2-3-11(13-8-9)10-4-6-12-7-5-10;1-9-4-5-11(8-13-9)10-3-2-6-12-7-10;1-9-4-5-11(13-7-9)10-3-2-6-12-8-10;1-9-5-6-10(8-13-9)11-4-2-3-7-12-11;1-9-5-6-11(13-8-9)10-4-2-3-7-12-10/h2*2-9H,1H3;6*2-8H,1H3. The van der Waals surface area contributed by atoms with Crippen LogP contribution in [-0.4, -0.2) is 69.8 Å². The largest absolute Gasteiger partial charge is 0.265 e. The molecule has 0 unspecified atom stereocenters. The minimum atomic E-state index is 0.919. The van der Waals surface area contributed by atoms with Gasteiger partial charge >= 0.3 is 0 Å². The van der Waals surface area contributed by atoms with Gasteiger partial charge in [-0.1, -0.05) is 121 Å². The first-order valence-electron chi connectivity index (χ1n) is 33.9. The van der Waals surface area contributed by atoms with E-state index in [0.29, 0.717) is 0 Å². The van der Waals surface area contributed by atoms with Crippen molar-refractivity contribution in [3.8, 4) is 89.8 Å². The Hall–Kier alpha value is -13.5. The van der Waals surface area contributed by atoms with Crippen LogP contribution < -0.4 is 0 Å². The van der Waals surface area contributed by atoms with Gasteiger partial charge in [-0.2, -0.15) is 0 Å². The van der Waals surface area contributed by atoms with E-state index in [-0.39, 0.29) is 0 Å². The van der Waals surface area contributed by atoms with Crippen molar-refractivity contribution >= 4 is 0 Å². The summed E-state index contributed by atoms with van der Waals surface area (Å²) in [6, 6.07) is 80.4. The Labute approximate surface area is 610 Å². The van der Waals surface area contributed by atoms with Crippen molar-refractivity contribution in [2.75, 3.05) is 0 Å². The molecule has 0 atom stereocenters. The van der Waals surface area contributed by atoms with Crippen molar-refractivity contribution in [3.05, 3.63) is 399 Å². The molecule has 0 N–H and O–H groups in total. The minimum Gasteiger partial charge on any atom is -0.265 e. The highest BCUT2D eigenvalue weighted by Crippen LogP contribution is 2.22. The first-order valence-corrected chi connectivity index (χ1v) is 33.9. The van der Waals surface area contributed by atoms with Crippen LogP contribution in [0.1, 0.15) is 45.0 Å². The summed E-state index contributed by atoms with van der Waals surface area (Å²) in [5.41, 5.74) is 26.0. The molecule has 0 fully saturated rings. The monoisotopic (exact) mass is 1360 g/mol. The maximum Gasteiger partial charge on any atom is 0.0886 e. The van der Waals surface area contributed by atoms with Gasteiger partial charge < -0.3 is 0 Å². The number of nitrogens with zero attached hydrogens (tertiary/aromatic N) is 14. The van der Waals surface area contributed by atoms with Gasteiger partial charge in [0.1, 0.15) is 0 Å². The van der Waals surface area contributed by atoms with E-state index >= 15 is 0 Å². The van der Waals surface area contributed by atoms with Crippen molar-refractivity contribution in [1.82, 2.24) is 69.8 Å². The average Bonchev–Trinajstić information content (AvgIpc) is 0.972. The van der Waals surface area contributed by atoms with Gasteiger partial charge in [-0.15, -0.1) is 0 Å². The van der Waals surface area contributed by atoms with Gasteiger partial charge in [0, 0.05) is 179 Å². The van der Waals surface area contributed by atoms with Gasteiger partial charge in [0.25, 0.3) is 0 Å². The SMILES string of the molecule is Cc1ccc(-c2ccccc2)cn1.Cc1ccc(-c2ccccc2)nc1.Cc1ccc(-c2ccccn2)cn1.Cc1ccc(-c2ccccn2)nc1.Cc1ccc(-c2cccnc2)cn1.Cc1ccc(-c2cccnc2)nc1.Cc1ccc(-c2ccncc2)cn1.Cc1ccc(-c2ccncc2)nc1. The Morgan fingerprint density at radius 3 is 0.798 bits per heavy atom. The van der Waals surface area contributed by atoms with Crippen LogP contribution in [0.15, 0.2) is 354 Å². The van der Waals surface area contributed by atoms with Crippen LogP contribution in [0.5, 0.6) is 0 Å². The number of hydrogen-bond donors (Lipinski definition) is 0. The minimum absolute atomic E-state index is 0.919. The Morgan fingerprint density at radius 1 is 0.144 bits per heavy atom. The van der Waals surface area contributed by atoms with Crippen LogP contribution in [-0.2, 0) is 0 Å². The van der Waals surface area contributed by atoms with Crippen LogP contribution in [0.2, 0.25) is 0 Å². The molecule has 0 saturated heterocycles. The zero-order chi connectivity index (χ0) is 72.8. The van der Waals surface area contributed by atoms with E-state index in [0.717, 1.165) is 95.9 Å². The Morgan fingerprint density at radius 2 is 0.433 bits per heavy atom. The second-order valence-corrected chi connectivity index (χ2v) is 23.8. The first kappa shape index (κ1) is 74.8. The summed E-state index contributed by atoms with van der Waals surface area (Å²) >= 11 is 0.